The van der Waals surface area contributed by atoms with E-state index in [0.717, 1.165) is 11.4 Å². The Hall–Kier alpha value is -1.97. The molecular weight excluding hydrogens is 190 g/mol. The third-order valence-electron chi connectivity index (χ3n) is 2.31. The lowest BCUT2D eigenvalue weighted by Gasteiger charge is -2.07. The van der Waals surface area contributed by atoms with Crippen LogP contribution in [0, 0.1) is 0 Å². The molecule has 0 fully saturated rings. The third-order valence-corrected chi connectivity index (χ3v) is 2.31. The van der Waals surface area contributed by atoms with E-state index in [1.807, 2.05) is 36.0 Å². The standard InChI is InChI=1S/C11H13N3O/c1-14-6-5-13-11(14)8-3-4-9(12)10(7-8)15-2/h3-7H,12H2,1-2H3. The van der Waals surface area contributed by atoms with Crippen molar-refractivity contribution in [3.63, 3.8) is 0 Å². The molecule has 0 radical (unpaired) electrons. The summed E-state index contributed by atoms with van der Waals surface area (Å²) in [4.78, 5) is 4.26. The number of ether oxygens (including phenoxy) is 1. The van der Waals surface area contributed by atoms with Gasteiger partial charge in [0.15, 0.2) is 0 Å². The first-order valence-corrected chi connectivity index (χ1v) is 4.63. The lowest BCUT2D eigenvalue weighted by atomic mass is 10.2. The van der Waals surface area contributed by atoms with Gasteiger partial charge in [0.2, 0.25) is 0 Å². The van der Waals surface area contributed by atoms with Gasteiger partial charge in [-0.05, 0) is 18.2 Å². The maximum absolute atomic E-state index is 5.74. The predicted molar refractivity (Wildman–Crippen MR) is 59.6 cm³/mol. The SMILES string of the molecule is COc1cc(-c2nccn2C)ccc1N. The number of methoxy groups -OCH3 is 1. The summed E-state index contributed by atoms with van der Waals surface area (Å²) in [7, 11) is 3.55. The molecule has 4 nitrogen and oxygen atoms in total. The van der Waals surface area contributed by atoms with Crippen LogP contribution < -0.4 is 10.5 Å². The van der Waals surface area contributed by atoms with Crippen LogP contribution in [0.15, 0.2) is 30.6 Å². The quantitative estimate of drug-likeness (QED) is 0.755. The summed E-state index contributed by atoms with van der Waals surface area (Å²) in [6, 6.07) is 5.64. The average Bonchev–Trinajstić information content (AvgIpc) is 2.65. The normalized spacial score (nSPS) is 10.3. The fourth-order valence-electron chi connectivity index (χ4n) is 1.49. The maximum Gasteiger partial charge on any atom is 0.142 e. The van der Waals surface area contributed by atoms with Gasteiger partial charge in [-0.1, -0.05) is 0 Å². The minimum absolute atomic E-state index is 0.635. The van der Waals surface area contributed by atoms with Crippen LogP contribution in [0.2, 0.25) is 0 Å². The maximum atomic E-state index is 5.74. The van der Waals surface area contributed by atoms with Gasteiger partial charge in [-0.25, -0.2) is 4.98 Å². The van der Waals surface area contributed by atoms with Crippen molar-refractivity contribution in [3.05, 3.63) is 30.6 Å². The first-order valence-electron chi connectivity index (χ1n) is 4.63. The molecule has 1 aromatic carbocycles. The van der Waals surface area contributed by atoms with Crippen molar-refractivity contribution in [2.45, 2.75) is 0 Å². The Kier molecular flexibility index (Phi) is 2.33. The molecule has 0 saturated heterocycles. The van der Waals surface area contributed by atoms with E-state index in [1.54, 1.807) is 13.3 Å². The van der Waals surface area contributed by atoms with Gasteiger partial charge in [0.1, 0.15) is 11.6 Å². The number of hydrogen-bond donors (Lipinski definition) is 1. The van der Waals surface area contributed by atoms with Crippen LogP contribution in [-0.4, -0.2) is 16.7 Å². The fourth-order valence-corrected chi connectivity index (χ4v) is 1.49. The molecule has 0 unspecified atom stereocenters. The van der Waals surface area contributed by atoms with Gasteiger partial charge < -0.3 is 15.0 Å². The van der Waals surface area contributed by atoms with E-state index in [2.05, 4.69) is 4.98 Å². The van der Waals surface area contributed by atoms with Gasteiger partial charge in [0, 0.05) is 25.0 Å². The van der Waals surface area contributed by atoms with Crippen LogP contribution in [-0.2, 0) is 7.05 Å². The zero-order valence-corrected chi connectivity index (χ0v) is 8.77. The number of aromatic nitrogens is 2. The molecule has 2 rings (SSSR count). The van der Waals surface area contributed by atoms with E-state index in [4.69, 9.17) is 10.5 Å². The Labute approximate surface area is 88.3 Å². The Morgan fingerprint density at radius 2 is 2.20 bits per heavy atom. The van der Waals surface area contributed by atoms with Crippen LogP contribution >= 0.6 is 0 Å². The lowest BCUT2D eigenvalue weighted by molar-refractivity contribution is 0.417. The third kappa shape index (κ3) is 1.66. The molecule has 1 heterocycles. The largest absolute Gasteiger partial charge is 0.495 e. The highest BCUT2D eigenvalue weighted by molar-refractivity contribution is 5.65. The summed E-state index contributed by atoms with van der Waals surface area (Å²) < 4.78 is 7.11. The van der Waals surface area contributed by atoms with Crippen molar-refractivity contribution in [1.29, 1.82) is 0 Å². The topological polar surface area (TPSA) is 53.1 Å². The van der Waals surface area contributed by atoms with Crippen LogP contribution in [0.4, 0.5) is 5.69 Å². The second kappa shape index (κ2) is 3.65. The first kappa shape index (κ1) is 9.58. The summed E-state index contributed by atoms with van der Waals surface area (Å²) in [5.41, 5.74) is 7.37. The molecular formula is C11H13N3O. The fraction of sp³-hybridized carbons (Fsp3) is 0.182. The number of rotatable bonds is 2. The molecule has 0 aliphatic carbocycles. The Morgan fingerprint density at radius 3 is 2.80 bits per heavy atom. The van der Waals surface area contributed by atoms with Crippen molar-refractivity contribution >= 4 is 5.69 Å². The van der Waals surface area contributed by atoms with Crippen molar-refractivity contribution in [3.8, 4) is 17.1 Å². The molecule has 0 atom stereocenters. The lowest BCUT2D eigenvalue weighted by Crippen LogP contribution is -1.95. The Balaban J connectivity index is 2.51. The highest BCUT2D eigenvalue weighted by Gasteiger charge is 2.06. The number of nitrogens with two attached hydrogens (primary N) is 1. The van der Waals surface area contributed by atoms with Crippen molar-refractivity contribution in [2.24, 2.45) is 7.05 Å². The summed E-state index contributed by atoms with van der Waals surface area (Å²) in [5.74, 6) is 1.57. The summed E-state index contributed by atoms with van der Waals surface area (Å²) >= 11 is 0. The zero-order valence-electron chi connectivity index (χ0n) is 8.77. The number of nitrogen functional groups attached to an aromatic ring is 1. The monoisotopic (exact) mass is 203 g/mol. The van der Waals surface area contributed by atoms with E-state index in [9.17, 15) is 0 Å². The van der Waals surface area contributed by atoms with Crippen LogP contribution in [0.25, 0.3) is 11.4 Å². The van der Waals surface area contributed by atoms with E-state index >= 15 is 0 Å². The summed E-state index contributed by atoms with van der Waals surface area (Å²) in [5, 5.41) is 0. The average molecular weight is 203 g/mol. The number of benzene rings is 1. The van der Waals surface area contributed by atoms with Gasteiger partial charge in [-0.2, -0.15) is 0 Å². The molecule has 15 heavy (non-hydrogen) atoms. The van der Waals surface area contributed by atoms with Gasteiger partial charge in [0.05, 0.1) is 12.8 Å². The van der Waals surface area contributed by atoms with E-state index in [1.165, 1.54) is 0 Å². The Bertz CT molecular complexity index is 476. The molecule has 0 saturated carbocycles. The number of imidazole rings is 1. The second-order valence-corrected chi connectivity index (χ2v) is 3.32. The van der Waals surface area contributed by atoms with Gasteiger partial charge in [-0.3, -0.25) is 0 Å². The number of anilines is 1. The molecule has 0 bridgehead atoms. The Morgan fingerprint density at radius 1 is 1.40 bits per heavy atom. The number of hydrogen-bond acceptors (Lipinski definition) is 3. The minimum atomic E-state index is 0.635. The zero-order chi connectivity index (χ0) is 10.8. The van der Waals surface area contributed by atoms with E-state index < -0.39 is 0 Å². The number of nitrogens with zero attached hydrogens (tertiary/aromatic N) is 2. The first-order chi connectivity index (χ1) is 7.22. The molecule has 0 amide bonds. The summed E-state index contributed by atoms with van der Waals surface area (Å²) in [6.45, 7) is 0. The highest BCUT2D eigenvalue weighted by Crippen LogP contribution is 2.27. The molecule has 2 N–H and O–H groups in total. The van der Waals surface area contributed by atoms with Crippen molar-refractivity contribution < 1.29 is 4.74 Å². The van der Waals surface area contributed by atoms with Gasteiger partial charge >= 0.3 is 0 Å². The van der Waals surface area contributed by atoms with Crippen LogP contribution in [0.1, 0.15) is 0 Å². The minimum Gasteiger partial charge on any atom is -0.495 e. The molecule has 0 aliphatic heterocycles. The molecule has 4 heteroatoms. The summed E-state index contributed by atoms with van der Waals surface area (Å²) in [6.07, 6.45) is 3.66. The van der Waals surface area contributed by atoms with Crippen LogP contribution in [0.3, 0.4) is 0 Å². The van der Waals surface area contributed by atoms with E-state index in [0.29, 0.717) is 11.4 Å². The second-order valence-electron chi connectivity index (χ2n) is 3.32. The molecule has 0 spiro atoms. The highest BCUT2D eigenvalue weighted by atomic mass is 16.5. The molecule has 0 aliphatic rings. The van der Waals surface area contributed by atoms with Crippen molar-refractivity contribution in [1.82, 2.24) is 9.55 Å². The number of aryl methyl sites for hydroxylation is 1. The molecule has 2 aromatic rings. The smallest absolute Gasteiger partial charge is 0.142 e. The van der Waals surface area contributed by atoms with Gasteiger partial charge in [-0.15, -0.1) is 0 Å². The van der Waals surface area contributed by atoms with Crippen molar-refractivity contribution in [2.75, 3.05) is 12.8 Å². The van der Waals surface area contributed by atoms with Gasteiger partial charge in [0.25, 0.3) is 0 Å². The van der Waals surface area contributed by atoms with E-state index in [-0.39, 0.29) is 0 Å². The molecule has 78 valence electrons. The molecule has 1 aromatic heterocycles. The predicted octanol–water partition coefficient (Wildman–Crippen LogP) is 1.68. The van der Waals surface area contributed by atoms with Crippen LogP contribution in [0.5, 0.6) is 5.75 Å².